The fourth-order valence-corrected chi connectivity index (χ4v) is 1.95. The smallest absolute Gasteiger partial charge is 0.131 e. The van der Waals surface area contributed by atoms with Gasteiger partial charge in [-0.15, -0.1) is 0 Å². The van der Waals surface area contributed by atoms with Crippen molar-refractivity contribution in [2.75, 3.05) is 13.1 Å². The second kappa shape index (κ2) is 4.61. The van der Waals surface area contributed by atoms with Crippen LogP contribution in [-0.2, 0) is 4.79 Å². The molecule has 0 N–H and O–H groups in total. The van der Waals surface area contributed by atoms with Gasteiger partial charge in [0.15, 0.2) is 0 Å². The minimum Gasteiger partial charge on any atom is -0.300 e. The number of rotatable bonds is 4. The fraction of sp³-hybridized carbons (Fsp3) is 0.900. The van der Waals surface area contributed by atoms with E-state index in [1.165, 1.54) is 25.8 Å². The SMILES string of the molecule is CCC1CCCN1CCC(C)=O. The number of carbonyl (C=O) groups excluding carboxylic acids is 1. The van der Waals surface area contributed by atoms with Crippen molar-refractivity contribution in [3.8, 4) is 0 Å². The van der Waals surface area contributed by atoms with Gasteiger partial charge < -0.3 is 0 Å². The van der Waals surface area contributed by atoms with E-state index in [1.807, 2.05) is 0 Å². The van der Waals surface area contributed by atoms with Crippen LogP contribution in [0.2, 0.25) is 0 Å². The summed E-state index contributed by atoms with van der Waals surface area (Å²) in [5.41, 5.74) is 0. The first kappa shape index (κ1) is 9.72. The highest BCUT2D eigenvalue weighted by Crippen LogP contribution is 2.19. The summed E-state index contributed by atoms with van der Waals surface area (Å²) < 4.78 is 0. The number of likely N-dealkylation sites (tertiary alicyclic amines) is 1. The minimum absolute atomic E-state index is 0.316. The van der Waals surface area contributed by atoms with Crippen molar-refractivity contribution in [3.63, 3.8) is 0 Å². The largest absolute Gasteiger partial charge is 0.300 e. The van der Waals surface area contributed by atoms with Crippen LogP contribution < -0.4 is 0 Å². The number of hydrogen-bond donors (Lipinski definition) is 0. The summed E-state index contributed by atoms with van der Waals surface area (Å²) in [6.45, 7) is 6.09. The average Bonchev–Trinajstić information content (AvgIpc) is 2.47. The Bertz CT molecular complexity index is 156. The highest BCUT2D eigenvalue weighted by Gasteiger charge is 2.21. The van der Waals surface area contributed by atoms with Crippen molar-refractivity contribution in [2.24, 2.45) is 0 Å². The molecule has 1 rings (SSSR count). The molecule has 2 heteroatoms. The molecule has 0 saturated carbocycles. The zero-order valence-corrected chi connectivity index (χ0v) is 8.18. The number of Topliss-reactive ketones (excluding diaryl/α,β-unsaturated/α-hetero) is 1. The molecular weight excluding hydrogens is 150 g/mol. The number of ketones is 1. The third kappa shape index (κ3) is 2.59. The summed E-state index contributed by atoms with van der Waals surface area (Å²) in [4.78, 5) is 13.2. The van der Waals surface area contributed by atoms with Crippen LogP contribution in [-0.4, -0.2) is 29.8 Å². The monoisotopic (exact) mass is 169 g/mol. The first-order valence-corrected chi connectivity index (χ1v) is 4.97. The standard InChI is InChI=1S/C10H19NO/c1-3-10-5-4-7-11(10)8-6-9(2)12/h10H,3-8H2,1-2H3. The Morgan fingerprint density at radius 2 is 2.33 bits per heavy atom. The van der Waals surface area contributed by atoms with Crippen molar-refractivity contribution < 1.29 is 4.79 Å². The summed E-state index contributed by atoms with van der Waals surface area (Å²) in [6, 6.07) is 0.754. The quantitative estimate of drug-likeness (QED) is 0.640. The molecule has 1 atom stereocenters. The van der Waals surface area contributed by atoms with Gasteiger partial charge in [0.1, 0.15) is 5.78 Å². The molecule has 2 nitrogen and oxygen atoms in total. The summed E-state index contributed by atoms with van der Waals surface area (Å²) in [5.74, 6) is 0.316. The van der Waals surface area contributed by atoms with Gasteiger partial charge in [-0.05, 0) is 32.7 Å². The first-order chi connectivity index (χ1) is 5.74. The van der Waals surface area contributed by atoms with Gasteiger partial charge in [-0.3, -0.25) is 9.69 Å². The predicted molar refractivity (Wildman–Crippen MR) is 50.2 cm³/mol. The van der Waals surface area contributed by atoms with Crippen molar-refractivity contribution in [1.82, 2.24) is 4.90 Å². The Labute approximate surface area is 74.9 Å². The molecule has 1 fully saturated rings. The van der Waals surface area contributed by atoms with Crippen LogP contribution in [0.1, 0.15) is 39.5 Å². The Balaban J connectivity index is 2.26. The molecule has 1 unspecified atom stereocenters. The topological polar surface area (TPSA) is 20.3 Å². The Morgan fingerprint density at radius 1 is 1.58 bits per heavy atom. The molecule has 1 aliphatic rings. The molecule has 0 radical (unpaired) electrons. The molecule has 0 aromatic heterocycles. The molecule has 0 aromatic rings. The van der Waals surface area contributed by atoms with E-state index in [-0.39, 0.29) is 0 Å². The van der Waals surface area contributed by atoms with Gasteiger partial charge in [0.25, 0.3) is 0 Å². The van der Waals surface area contributed by atoms with Crippen LogP contribution in [0.25, 0.3) is 0 Å². The van der Waals surface area contributed by atoms with Crippen LogP contribution >= 0.6 is 0 Å². The van der Waals surface area contributed by atoms with E-state index >= 15 is 0 Å². The maximum absolute atomic E-state index is 10.8. The summed E-state index contributed by atoms with van der Waals surface area (Å²) in [7, 11) is 0. The van der Waals surface area contributed by atoms with E-state index in [0.717, 1.165) is 19.0 Å². The lowest BCUT2D eigenvalue weighted by Crippen LogP contribution is -2.30. The van der Waals surface area contributed by atoms with Crippen LogP contribution in [0, 0.1) is 0 Å². The second-order valence-electron chi connectivity index (χ2n) is 3.69. The van der Waals surface area contributed by atoms with Gasteiger partial charge >= 0.3 is 0 Å². The fourth-order valence-electron chi connectivity index (χ4n) is 1.95. The number of nitrogens with zero attached hydrogens (tertiary/aromatic N) is 1. The summed E-state index contributed by atoms with van der Waals surface area (Å²) in [5, 5.41) is 0. The Hall–Kier alpha value is -0.370. The lowest BCUT2D eigenvalue weighted by atomic mass is 10.1. The molecule has 0 aliphatic carbocycles. The molecule has 0 bridgehead atoms. The van der Waals surface area contributed by atoms with Gasteiger partial charge in [-0.25, -0.2) is 0 Å². The highest BCUT2D eigenvalue weighted by atomic mass is 16.1. The minimum atomic E-state index is 0.316. The van der Waals surface area contributed by atoms with Crippen molar-refractivity contribution in [3.05, 3.63) is 0 Å². The predicted octanol–water partition coefficient (Wildman–Crippen LogP) is 1.84. The zero-order chi connectivity index (χ0) is 8.97. The van der Waals surface area contributed by atoms with Crippen molar-refractivity contribution >= 4 is 5.78 Å². The Morgan fingerprint density at radius 3 is 2.92 bits per heavy atom. The third-order valence-electron chi connectivity index (χ3n) is 2.72. The summed E-state index contributed by atoms with van der Waals surface area (Å²) in [6.07, 6.45) is 4.61. The van der Waals surface area contributed by atoms with E-state index in [9.17, 15) is 4.79 Å². The average molecular weight is 169 g/mol. The molecule has 0 amide bonds. The maximum atomic E-state index is 10.8. The van der Waals surface area contributed by atoms with E-state index in [0.29, 0.717) is 5.78 Å². The highest BCUT2D eigenvalue weighted by molar-refractivity contribution is 5.75. The van der Waals surface area contributed by atoms with Gasteiger partial charge in [0.05, 0.1) is 0 Å². The molecule has 1 saturated heterocycles. The number of hydrogen-bond acceptors (Lipinski definition) is 2. The normalized spacial score (nSPS) is 24.7. The first-order valence-electron chi connectivity index (χ1n) is 4.97. The van der Waals surface area contributed by atoms with E-state index in [1.54, 1.807) is 6.92 Å². The van der Waals surface area contributed by atoms with Gasteiger partial charge in [0, 0.05) is 19.0 Å². The zero-order valence-electron chi connectivity index (χ0n) is 8.18. The maximum Gasteiger partial charge on any atom is 0.131 e. The molecule has 0 spiro atoms. The lowest BCUT2D eigenvalue weighted by Gasteiger charge is -2.22. The Kier molecular flexibility index (Phi) is 3.73. The molecule has 0 aromatic carbocycles. The molecular formula is C10H19NO. The van der Waals surface area contributed by atoms with Crippen molar-refractivity contribution in [2.45, 2.75) is 45.6 Å². The second-order valence-corrected chi connectivity index (χ2v) is 3.69. The van der Waals surface area contributed by atoms with Gasteiger partial charge in [-0.2, -0.15) is 0 Å². The van der Waals surface area contributed by atoms with Crippen LogP contribution in [0.3, 0.4) is 0 Å². The molecule has 12 heavy (non-hydrogen) atoms. The van der Waals surface area contributed by atoms with E-state index in [2.05, 4.69) is 11.8 Å². The number of carbonyl (C=O) groups is 1. The third-order valence-corrected chi connectivity index (χ3v) is 2.72. The molecule has 1 aliphatic heterocycles. The molecule has 1 heterocycles. The van der Waals surface area contributed by atoms with Gasteiger partial charge in [-0.1, -0.05) is 6.92 Å². The summed E-state index contributed by atoms with van der Waals surface area (Å²) >= 11 is 0. The van der Waals surface area contributed by atoms with Gasteiger partial charge in [0.2, 0.25) is 0 Å². The van der Waals surface area contributed by atoms with Crippen LogP contribution in [0.15, 0.2) is 0 Å². The van der Waals surface area contributed by atoms with E-state index < -0.39 is 0 Å². The van der Waals surface area contributed by atoms with Crippen molar-refractivity contribution in [1.29, 1.82) is 0 Å². The van der Waals surface area contributed by atoms with Crippen LogP contribution in [0.5, 0.6) is 0 Å². The van der Waals surface area contributed by atoms with Crippen LogP contribution in [0.4, 0.5) is 0 Å². The van der Waals surface area contributed by atoms with E-state index in [4.69, 9.17) is 0 Å². The lowest BCUT2D eigenvalue weighted by molar-refractivity contribution is -0.117. The molecule has 70 valence electrons.